The van der Waals surface area contributed by atoms with E-state index in [4.69, 9.17) is 23.2 Å². The number of hydrogen-bond donors (Lipinski definition) is 0. The van der Waals surface area contributed by atoms with E-state index in [2.05, 4.69) is 4.98 Å². The molecule has 1 aromatic heterocycles. The normalized spacial score (nSPS) is 10.9. The van der Waals surface area contributed by atoms with Crippen molar-refractivity contribution in [1.82, 2.24) is 9.55 Å². The Morgan fingerprint density at radius 3 is 2.80 bits per heavy atom. The van der Waals surface area contributed by atoms with Crippen LogP contribution in [0.3, 0.4) is 0 Å². The van der Waals surface area contributed by atoms with Gasteiger partial charge in [0.05, 0.1) is 28.9 Å². The van der Waals surface area contributed by atoms with Crippen molar-refractivity contribution < 1.29 is 4.79 Å². The van der Waals surface area contributed by atoms with E-state index < -0.39 is 0 Å². The Hall–Kier alpha value is -1.84. The largest absolute Gasteiger partial charge is 0.323 e. The molecule has 0 saturated carbocycles. The molecule has 20 heavy (non-hydrogen) atoms. The average molecular weight is 305 g/mol. The number of carbonyl (C=O) groups excluding carboxylic acids is 1. The third-order valence-corrected chi connectivity index (χ3v) is 3.63. The lowest BCUT2D eigenvalue weighted by Crippen LogP contribution is -2.10. The summed E-state index contributed by atoms with van der Waals surface area (Å²) in [5, 5.41) is 0.900. The van der Waals surface area contributed by atoms with Crippen LogP contribution in [0.5, 0.6) is 0 Å². The summed E-state index contributed by atoms with van der Waals surface area (Å²) < 4.78 is 1.80. The lowest BCUT2D eigenvalue weighted by Gasteiger charge is -2.06. The Morgan fingerprint density at radius 2 is 1.95 bits per heavy atom. The van der Waals surface area contributed by atoms with Crippen molar-refractivity contribution in [3.8, 4) is 0 Å². The molecule has 100 valence electrons. The highest BCUT2D eigenvalue weighted by Gasteiger charge is 2.13. The van der Waals surface area contributed by atoms with Gasteiger partial charge in [0.15, 0.2) is 5.78 Å². The minimum atomic E-state index is -0.0966. The molecule has 0 bridgehead atoms. The van der Waals surface area contributed by atoms with Gasteiger partial charge in [0, 0.05) is 10.6 Å². The molecule has 1 heterocycles. The van der Waals surface area contributed by atoms with Gasteiger partial charge in [-0.05, 0) is 30.3 Å². The molecule has 3 nitrogen and oxygen atoms in total. The molecule has 2 aromatic carbocycles. The minimum Gasteiger partial charge on any atom is -0.323 e. The van der Waals surface area contributed by atoms with Gasteiger partial charge in [0.25, 0.3) is 0 Å². The maximum atomic E-state index is 12.3. The first kappa shape index (κ1) is 13.2. The summed E-state index contributed by atoms with van der Waals surface area (Å²) in [5.41, 5.74) is 2.20. The van der Waals surface area contributed by atoms with E-state index in [0.717, 1.165) is 11.0 Å². The zero-order chi connectivity index (χ0) is 14.1. The topological polar surface area (TPSA) is 34.9 Å². The number of para-hydroxylation sites is 2. The lowest BCUT2D eigenvalue weighted by molar-refractivity contribution is 0.0973. The number of Topliss-reactive ketones (excluding diaryl/α,β-unsaturated/α-hetero) is 1. The van der Waals surface area contributed by atoms with Crippen molar-refractivity contribution >= 4 is 40.0 Å². The first-order valence-corrected chi connectivity index (χ1v) is 6.79. The second kappa shape index (κ2) is 5.27. The van der Waals surface area contributed by atoms with E-state index in [1.54, 1.807) is 29.1 Å². The van der Waals surface area contributed by atoms with Crippen LogP contribution in [0.1, 0.15) is 10.4 Å². The molecular weight excluding hydrogens is 295 g/mol. The number of halogens is 2. The van der Waals surface area contributed by atoms with Gasteiger partial charge in [-0.2, -0.15) is 0 Å². The fourth-order valence-corrected chi connectivity index (χ4v) is 2.48. The van der Waals surface area contributed by atoms with Gasteiger partial charge in [-0.15, -0.1) is 0 Å². The van der Waals surface area contributed by atoms with Gasteiger partial charge in [0.2, 0.25) is 0 Å². The highest BCUT2D eigenvalue weighted by atomic mass is 35.5. The number of nitrogens with zero attached hydrogens (tertiary/aromatic N) is 2. The van der Waals surface area contributed by atoms with Gasteiger partial charge in [0.1, 0.15) is 0 Å². The number of aromatic nitrogens is 2. The van der Waals surface area contributed by atoms with Crippen molar-refractivity contribution in [3.05, 3.63) is 64.4 Å². The van der Waals surface area contributed by atoms with E-state index in [1.807, 2.05) is 24.3 Å². The smallest absolute Gasteiger partial charge is 0.184 e. The van der Waals surface area contributed by atoms with Crippen LogP contribution in [-0.2, 0) is 6.54 Å². The third-order valence-electron chi connectivity index (χ3n) is 3.07. The Morgan fingerprint density at radius 1 is 1.15 bits per heavy atom. The summed E-state index contributed by atoms with van der Waals surface area (Å²) in [7, 11) is 0. The molecule has 3 rings (SSSR count). The molecule has 0 aliphatic heterocycles. The van der Waals surface area contributed by atoms with Crippen LogP contribution in [0, 0.1) is 0 Å². The molecule has 0 fully saturated rings. The summed E-state index contributed by atoms with van der Waals surface area (Å²) in [6.07, 6.45) is 1.65. The molecule has 3 aromatic rings. The Kier molecular flexibility index (Phi) is 3.47. The number of ketones is 1. The average Bonchev–Trinajstić information content (AvgIpc) is 2.85. The van der Waals surface area contributed by atoms with Crippen molar-refractivity contribution in [1.29, 1.82) is 0 Å². The fourth-order valence-electron chi connectivity index (χ4n) is 2.09. The minimum absolute atomic E-state index is 0.0966. The maximum absolute atomic E-state index is 12.3. The number of fused-ring (bicyclic) bond motifs is 1. The summed E-state index contributed by atoms with van der Waals surface area (Å²) in [6, 6.07) is 12.5. The molecule has 0 aliphatic carbocycles. The molecule has 0 radical (unpaired) electrons. The van der Waals surface area contributed by atoms with Crippen molar-refractivity contribution in [2.45, 2.75) is 6.54 Å². The van der Waals surface area contributed by atoms with E-state index in [0.29, 0.717) is 15.6 Å². The summed E-state index contributed by atoms with van der Waals surface area (Å²) in [6.45, 7) is 0.181. The molecular formula is C15H10Cl2N2O. The van der Waals surface area contributed by atoms with Gasteiger partial charge < -0.3 is 4.57 Å². The second-order valence-corrected chi connectivity index (χ2v) is 5.25. The standard InChI is InChI=1S/C15H10Cl2N2O/c16-10-5-6-12(17)11(7-10)15(20)8-19-9-18-13-3-1-2-4-14(13)19/h1-7,9H,8H2. The van der Waals surface area contributed by atoms with Crippen LogP contribution in [0.2, 0.25) is 10.0 Å². The number of carbonyl (C=O) groups is 1. The van der Waals surface area contributed by atoms with Gasteiger partial charge in [-0.25, -0.2) is 4.98 Å². The zero-order valence-electron chi connectivity index (χ0n) is 10.4. The van der Waals surface area contributed by atoms with Crippen LogP contribution in [0.4, 0.5) is 0 Å². The van der Waals surface area contributed by atoms with Gasteiger partial charge >= 0.3 is 0 Å². The SMILES string of the molecule is O=C(Cn1cnc2ccccc21)c1cc(Cl)ccc1Cl. The Labute approximate surface area is 125 Å². The van der Waals surface area contributed by atoms with E-state index >= 15 is 0 Å². The van der Waals surface area contributed by atoms with Crippen LogP contribution in [0.15, 0.2) is 48.8 Å². The van der Waals surface area contributed by atoms with Crippen LogP contribution in [0.25, 0.3) is 11.0 Å². The molecule has 0 spiro atoms. The first-order chi connectivity index (χ1) is 9.65. The second-order valence-electron chi connectivity index (χ2n) is 4.41. The summed E-state index contributed by atoms with van der Waals surface area (Å²) in [5.74, 6) is -0.0966. The van der Waals surface area contributed by atoms with Crippen LogP contribution >= 0.6 is 23.2 Å². The summed E-state index contributed by atoms with van der Waals surface area (Å²) in [4.78, 5) is 16.6. The first-order valence-electron chi connectivity index (χ1n) is 6.03. The molecule has 0 amide bonds. The maximum Gasteiger partial charge on any atom is 0.184 e. The Bertz CT molecular complexity index is 795. The van der Waals surface area contributed by atoms with E-state index in [1.165, 1.54) is 0 Å². The lowest BCUT2D eigenvalue weighted by atomic mass is 10.1. The van der Waals surface area contributed by atoms with E-state index in [-0.39, 0.29) is 12.3 Å². The number of benzene rings is 2. The number of hydrogen-bond acceptors (Lipinski definition) is 2. The van der Waals surface area contributed by atoms with Crippen molar-refractivity contribution in [2.75, 3.05) is 0 Å². The van der Waals surface area contributed by atoms with Crippen molar-refractivity contribution in [2.24, 2.45) is 0 Å². The molecule has 0 unspecified atom stereocenters. The highest BCUT2D eigenvalue weighted by Crippen LogP contribution is 2.22. The van der Waals surface area contributed by atoms with Crippen LogP contribution in [-0.4, -0.2) is 15.3 Å². The Balaban J connectivity index is 1.94. The zero-order valence-corrected chi connectivity index (χ0v) is 11.9. The van der Waals surface area contributed by atoms with Crippen molar-refractivity contribution in [3.63, 3.8) is 0 Å². The molecule has 0 saturated heterocycles. The molecule has 0 atom stereocenters. The number of rotatable bonds is 3. The highest BCUT2D eigenvalue weighted by molar-refractivity contribution is 6.35. The monoisotopic (exact) mass is 304 g/mol. The predicted octanol–water partition coefficient (Wildman–Crippen LogP) is 4.23. The van der Waals surface area contributed by atoms with Gasteiger partial charge in [-0.1, -0.05) is 35.3 Å². The molecule has 0 aliphatic rings. The van der Waals surface area contributed by atoms with E-state index in [9.17, 15) is 4.79 Å². The molecule has 0 N–H and O–H groups in total. The quantitative estimate of drug-likeness (QED) is 0.679. The molecule has 5 heteroatoms. The van der Waals surface area contributed by atoms with Crippen LogP contribution < -0.4 is 0 Å². The fraction of sp³-hybridized carbons (Fsp3) is 0.0667. The summed E-state index contributed by atoms with van der Waals surface area (Å²) >= 11 is 12.0. The third kappa shape index (κ3) is 2.42. The predicted molar refractivity (Wildman–Crippen MR) is 80.5 cm³/mol. The number of imidazole rings is 1. The van der Waals surface area contributed by atoms with Gasteiger partial charge in [-0.3, -0.25) is 4.79 Å².